The largest absolute Gasteiger partial charge is 0.396 e. The van der Waals surface area contributed by atoms with Crippen molar-refractivity contribution in [2.24, 2.45) is 0 Å². The number of carbonyl (C=O) groups excluding carboxylic acids is 1. The third-order valence-electron chi connectivity index (χ3n) is 4.77. The summed E-state index contributed by atoms with van der Waals surface area (Å²) in [5, 5.41) is 11.9. The van der Waals surface area contributed by atoms with Crippen LogP contribution in [0.5, 0.6) is 0 Å². The van der Waals surface area contributed by atoms with Crippen molar-refractivity contribution in [2.75, 3.05) is 25.1 Å². The molecule has 0 aliphatic carbocycles. The van der Waals surface area contributed by atoms with Crippen molar-refractivity contribution in [1.29, 1.82) is 0 Å². The van der Waals surface area contributed by atoms with E-state index in [-0.39, 0.29) is 18.3 Å². The number of halogens is 1. The van der Waals surface area contributed by atoms with Crippen LogP contribution in [-0.2, 0) is 21.4 Å². The van der Waals surface area contributed by atoms with E-state index >= 15 is 0 Å². The molecule has 1 aliphatic rings. The van der Waals surface area contributed by atoms with E-state index < -0.39 is 5.41 Å². The quantitative estimate of drug-likeness (QED) is 0.877. The SMILES string of the molecule is O=C(Nc1ccc(CCO)cc1)C1(c2cccc(F)c2)CCOCC1. The molecule has 2 aromatic rings. The van der Waals surface area contributed by atoms with Crippen LogP contribution in [0.2, 0.25) is 0 Å². The Kier molecular flexibility index (Phi) is 5.46. The second-order valence-corrected chi connectivity index (χ2v) is 6.33. The van der Waals surface area contributed by atoms with Crippen LogP contribution in [0.1, 0.15) is 24.0 Å². The molecule has 0 spiro atoms. The van der Waals surface area contributed by atoms with E-state index in [0.717, 1.165) is 5.56 Å². The van der Waals surface area contributed by atoms with Gasteiger partial charge in [0.05, 0.1) is 5.41 Å². The Hall–Kier alpha value is -2.24. The molecule has 1 saturated heterocycles. The molecular weight excluding hydrogens is 321 g/mol. The summed E-state index contributed by atoms with van der Waals surface area (Å²) < 4.78 is 19.1. The number of nitrogens with one attached hydrogen (secondary N) is 1. The van der Waals surface area contributed by atoms with Gasteiger partial charge in [-0.3, -0.25) is 4.79 Å². The average molecular weight is 343 g/mol. The van der Waals surface area contributed by atoms with Gasteiger partial charge in [0, 0.05) is 25.5 Å². The molecule has 2 aromatic carbocycles. The zero-order valence-corrected chi connectivity index (χ0v) is 14.0. The highest BCUT2D eigenvalue weighted by atomic mass is 19.1. The Labute approximate surface area is 146 Å². The second-order valence-electron chi connectivity index (χ2n) is 6.33. The minimum absolute atomic E-state index is 0.0917. The van der Waals surface area contributed by atoms with Gasteiger partial charge >= 0.3 is 0 Å². The predicted molar refractivity (Wildman–Crippen MR) is 94.0 cm³/mol. The summed E-state index contributed by atoms with van der Waals surface area (Å²) in [6, 6.07) is 13.7. The number of benzene rings is 2. The average Bonchev–Trinajstić information content (AvgIpc) is 2.64. The Balaban J connectivity index is 1.84. The van der Waals surface area contributed by atoms with E-state index in [9.17, 15) is 9.18 Å². The summed E-state index contributed by atoms with van der Waals surface area (Å²) in [5.41, 5.74) is 1.59. The molecule has 1 amide bonds. The van der Waals surface area contributed by atoms with Gasteiger partial charge in [-0.25, -0.2) is 4.39 Å². The van der Waals surface area contributed by atoms with Crippen molar-refractivity contribution in [2.45, 2.75) is 24.7 Å². The van der Waals surface area contributed by atoms with Crippen molar-refractivity contribution < 1.29 is 19.0 Å². The van der Waals surface area contributed by atoms with E-state index in [1.807, 2.05) is 24.3 Å². The van der Waals surface area contributed by atoms with Crippen LogP contribution in [0.4, 0.5) is 10.1 Å². The number of rotatable bonds is 5. The lowest BCUT2D eigenvalue weighted by atomic mass is 9.73. The first-order chi connectivity index (χ1) is 12.1. The van der Waals surface area contributed by atoms with E-state index in [2.05, 4.69) is 5.32 Å². The summed E-state index contributed by atoms with van der Waals surface area (Å²) in [7, 11) is 0. The fourth-order valence-electron chi connectivity index (χ4n) is 3.29. The molecule has 5 heteroatoms. The van der Waals surface area contributed by atoms with E-state index in [4.69, 9.17) is 9.84 Å². The third-order valence-corrected chi connectivity index (χ3v) is 4.77. The maximum absolute atomic E-state index is 13.7. The molecular formula is C20H22FNO3. The monoisotopic (exact) mass is 343 g/mol. The number of ether oxygens (including phenoxy) is 1. The molecule has 0 bridgehead atoms. The van der Waals surface area contributed by atoms with Crippen LogP contribution in [0.3, 0.4) is 0 Å². The predicted octanol–water partition coefficient (Wildman–Crippen LogP) is 3.05. The first-order valence-electron chi connectivity index (χ1n) is 8.49. The van der Waals surface area contributed by atoms with Crippen LogP contribution >= 0.6 is 0 Å². The zero-order chi connectivity index (χ0) is 17.7. The number of amides is 1. The Morgan fingerprint density at radius 1 is 1.16 bits per heavy atom. The molecule has 25 heavy (non-hydrogen) atoms. The van der Waals surface area contributed by atoms with Gasteiger partial charge < -0.3 is 15.2 Å². The van der Waals surface area contributed by atoms with Gasteiger partial charge in [-0.05, 0) is 54.7 Å². The van der Waals surface area contributed by atoms with Crippen molar-refractivity contribution in [3.8, 4) is 0 Å². The molecule has 2 N–H and O–H groups in total. The number of aliphatic hydroxyl groups is 1. The highest BCUT2D eigenvalue weighted by Gasteiger charge is 2.41. The highest BCUT2D eigenvalue weighted by Crippen LogP contribution is 2.36. The molecule has 0 aromatic heterocycles. The minimum atomic E-state index is -0.788. The van der Waals surface area contributed by atoms with Gasteiger partial charge in [-0.15, -0.1) is 0 Å². The summed E-state index contributed by atoms with van der Waals surface area (Å²) in [6.07, 6.45) is 1.62. The third kappa shape index (κ3) is 3.89. The Bertz CT molecular complexity index is 724. The van der Waals surface area contributed by atoms with Gasteiger partial charge in [0.1, 0.15) is 5.82 Å². The topological polar surface area (TPSA) is 58.6 Å². The molecule has 1 heterocycles. The number of hydrogen-bond acceptors (Lipinski definition) is 3. The van der Waals surface area contributed by atoms with Crippen LogP contribution < -0.4 is 5.32 Å². The Morgan fingerprint density at radius 3 is 2.52 bits per heavy atom. The highest BCUT2D eigenvalue weighted by molar-refractivity contribution is 5.99. The minimum Gasteiger partial charge on any atom is -0.396 e. The molecule has 3 rings (SSSR count). The van der Waals surface area contributed by atoms with Crippen molar-refractivity contribution in [3.63, 3.8) is 0 Å². The van der Waals surface area contributed by atoms with Crippen molar-refractivity contribution in [3.05, 3.63) is 65.5 Å². The Morgan fingerprint density at radius 2 is 1.88 bits per heavy atom. The van der Waals surface area contributed by atoms with Crippen molar-refractivity contribution in [1.82, 2.24) is 0 Å². The van der Waals surface area contributed by atoms with Gasteiger partial charge in [-0.1, -0.05) is 24.3 Å². The van der Waals surface area contributed by atoms with Gasteiger partial charge in [0.15, 0.2) is 0 Å². The summed E-state index contributed by atoms with van der Waals surface area (Å²) in [6.45, 7) is 1.03. The van der Waals surface area contributed by atoms with Crippen molar-refractivity contribution >= 4 is 11.6 Å². The molecule has 0 atom stereocenters. The first-order valence-corrected chi connectivity index (χ1v) is 8.49. The molecule has 4 nitrogen and oxygen atoms in total. The number of carbonyl (C=O) groups is 1. The second kappa shape index (κ2) is 7.76. The fraction of sp³-hybridized carbons (Fsp3) is 0.350. The van der Waals surface area contributed by atoms with Gasteiger partial charge in [0.2, 0.25) is 5.91 Å². The van der Waals surface area contributed by atoms with Gasteiger partial charge in [0.25, 0.3) is 0 Å². The lowest BCUT2D eigenvalue weighted by Crippen LogP contribution is -2.44. The van der Waals surface area contributed by atoms with E-state index in [1.54, 1.807) is 12.1 Å². The number of anilines is 1. The summed E-state index contributed by atoms with van der Waals surface area (Å²) in [5.74, 6) is -0.485. The van der Waals surface area contributed by atoms with Crippen LogP contribution in [0.15, 0.2) is 48.5 Å². The van der Waals surface area contributed by atoms with Crippen LogP contribution in [-0.4, -0.2) is 30.8 Å². The van der Waals surface area contributed by atoms with Crippen LogP contribution in [0.25, 0.3) is 0 Å². The van der Waals surface area contributed by atoms with Gasteiger partial charge in [-0.2, -0.15) is 0 Å². The summed E-state index contributed by atoms with van der Waals surface area (Å²) in [4.78, 5) is 13.1. The molecule has 1 aliphatic heterocycles. The lowest BCUT2D eigenvalue weighted by molar-refractivity contribution is -0.125. The van der Waals surface area contributed by atoms with E-state index in [1.165, 1.54) is 12.1 Å². The number of hydrogen-bond donors (Lipinski definition) is 2. The summed E-state index contributed by atoms with van der Waals surface area (Å²) >= 11 is 0. The molecule has 0 saturated carbocycles. The molecule has 0 unspecified atom stereocenters. The standard InChI is InChI=1S/C20H22FNO3/c21-17-3-1-2-16(14-17)20(9-12-25-13-10-20)19(24)22-18-6-4-15(5-7-18)8-11-23/h1-7,14,23H,8-13H2,(H,22,24). The first kappa shape index (κ1) is 17.6. The van der Waals surface area contributed by atoms with E-state index in [0.29, 0.717) is 43.7 Å². The maximum atomic E-state index is 13.7. The zero-order valence-electron chi connectivity index (χ0n) is 14.0. The molecule has 0 radical (unpaired) electrons. The van der Waals surface area contributed by atoms with Crippen LogP contribution in [0, 0.1) is 5.82 Å². The lowest BCUT2D eigenvalue weighted by Gasteiger charge is -2.36. The smallest absolute Gasteiger partial charge is 0.235 e. The maximum Gasteiger partial charge on any atom is 0.235 e. The number of aliphatic hydroxyl groups excluding tert-OH is 1. The molecule has 1 fully saturated rings. The molecule has 132 valence electrons. The normalized spacial score (nSPS) is 16.4. The fourth-order valence-corrected chi connectivity index (χ4v) is 3.29.